The summed E-state index contributed by atoms with van der Waals surface area (Å²) in [4.78, 5) is 22.7. The normalized spacial score (nSPS) is 12.1. The number of hydrogen-bond donors (Lipinski definition) is 3. The molecule has 0 aliphatic rings. The summed E-state index contributed by atoms with van der Waals surface area (Å²) in [5, 5.41) is 11.3. The summed E-state index contributed by atoms with van der Waals surface area (Å²) in [6, 6.07) is 3.06. The molecule has 0 unspecified atom stereocenters. The lowest BCUT2D eigenvalue weighted by molar-refractivity contribution is -0.137. The Morgan fingerprint density at radius 3 is 2.52 bits per heavy atom. The van der Waals surface area contributed by atoms with Crippen LogP contribution in [0.2, 0.25) is 0 Å². The maximum absolute atomic E-state index is 12.0. The second-order valence-electron chi connectivity index (χ2n) is 5.36. The number of aromatic nitrogens is 1. The Morgan fingerprint density at radius 2 is 2.00 bits per heavy atom. The minimum Gasteiger partial charge on any atom is -0.480 e. The van der Waals surface area contributed by atoms with Gasteiger partial charge in [0.15, 0.2) is 0 Å². The summed E-state index contributed by atoms with van der Waals surface area (Å²) in [6.45, 7) is 3.01. The fourth-order valence-electron chi connectivity index (χ4n) is 1.83. The van der Waals surface area contributed by atoms with E-state index in [2.05, 4.69) is 10.0 Å². The van der Waals surface area contributed by atoms with Gasteiger partial charge in [-0.25, -0.2) is 13.1 Å². The second-order valence-corrected chi connectivity index (χ2v) is 7.10. The maximum Gasteiger partial charge on any atom is 0.323 e. The molecule has 1 aromatic rings. The zero-order valence-corrected chi connectivity index (χ0v) is 12.9. The van der Waals surface area contributed by atoms with Gasteiger partial charge in [0.1, 0.15) is 12.2 Å². The first-order chi connectivity index (χ1) is 9.50. The van der Waals surface area contributed by atoms with Gasteiger partial charge in [-0.1, -0.05) is 0 Å². The zero-order chi connectivity index (χ0) is 16.3. The van der Waals surface area contributed by atoms with Crippen molar-refractivity contribution in [2.45, 2.75) is 25.9 Å². The molecule has 0 spiro atoms. The van der Waals surface area contributed by atoms with E-state index in [0.29, 0.717) is 0 Å². The zero-order valence-electron chi connectivity index (χ0n) is 12.1. The highest BCUT2D eigenvalue weighted by Crippen LogP contribution is 2.05. The predicted molar refractivity (Wildman–Crippen MR) is 76.5 cm³/mol. The highest BCUT2D eigenvalue weighted by Gasteiger charge is 2.23. The number of rotatable bonds is 7. The van der Waals surface area contributed by atoms with Crippen LogP contribution in [0.4, 0.5) is 0 Å². The molecule has 0 radical (unpaired) electrons. The fourth-order valence-corrected chi connectivity index (χ4v) is 2.91. The monoisotopic (exact) mass is 317 g/mol. The van der Waals surface area contributed by atoms with Crippen LogP contribution >= 0.6 is 0 Å². The number of hydrogen-bond acceptors (Lipinski definition) is 4. The molecule has 118 valence electrons. The van der Waals surface area contributed by atoms with Crippen molar-refractivity contribution in [2.24, 2.45) is 0 Å². The first-order valence-electron chi connectivity index (χ1n) is 6.14. The summed E-state index contributed by atoms with van der Waals surface area (Å²) in [5.74, 6) is -1.52. The topological polar surface area (TPSA) is 118 Å². The Labute approximate surface area is 123 Å². The van der Waals surface area contributed by atoms with Crippen molar-refractivity contribution in [3.63, 3.8) is 0 Å². The van der Waals surface area contributed by atoms with E-state index in [4.69, 9.17) is 5.11 Å². The Balaban J connectivity index is 2.70. The van der Waals surface area contributed by atoms with Crippen molar-refractivity contribution in [2.75, 3.05) is 12.8 Å². The van der Waals surface area contributed by atoms with Crippen LogP contribution in [0.5, 0.6) is 0 Å². The Bertz CT molecular complexity index is 633. The average molecular weight is 317 g/mol. The minimum atomic E-state index is -3.39. The molecule has 1 heterocycles. The van der Waals surface area contributed by atoms with E-state index in [0.717, 1.165) is 6.26 Å². The third-order valence-electron chi connectivity index (χ3n) is 2.52. The van der Waals surface area contributed by atoms with Crippen molar-refractivity contribution >= 4 is 21.9 Å². The number of carbonyl (C=O) groups excluding carboxylic acids is 1. The molecule has 0 bridgehead atoms. The molecule has 3 N–H and O–H groups in total. The quantitative estimate of drug-likeness (QED) is 0.634. The van der Waals surface area contributed by atoms with E-state index in [9.17, 15) is 18.0 Å². The largest absolute Gasteiger partial charge is 0.480 e. The van der Waals surface area contributed by atoms with Crippen LogP contribution in [-0.2, 0) is 21.4 Å². The predicted octanol–water partition coefficient (Wildman–Crippen LogP) is -0.370. The van der Waals surface area contributed by atoms with E-state index in [1.807, 2.05) is 0 Å². The molecule has 1 rings (SSSR count). The molecule has 0 aromatic carbocycles. The standard InChI is InChI=1S/C12H19N3O5S/c1-12(2,14-21(3,19)20)8-13-11(18)9-5-4-6-15(9)7-10(16)17/h4-6,14H,7-8H2,1-3H3,(H,13,18)(H,16,17). The molecule has 21 heavy (non-hydrogen) atoms. The van der Waals surface area contributed by atoms with Crippen molar-refractivity contribution in [1.82, 2.24) is 14.6 Å². The molecular weight excluding hydrogens is 298 g/mol. The van der Waals surface area contributed by atoms with Gasteiger partial charge in [-0.2, -0.15) is 0 Å². The number of carboxylic acid groups (broad SMARTS) is 1. The number of carboxylic acids is 1. The second kappa shape index (κ2) is 6.27. The lowest BCUT2D eigenvalue weighted by Crippen LogP contribution is -2.51. The van der Waals surface area contributed by atoms with Crippen LogP contribution in [0, 0.1) is 0 Å². The molecule has 1 aromatic heterocycles. The Hall–Kier alpha value is -1.87. The number of carbonyl (C=O) groups is 2. The summed E-state index contributed by atoms with van der Waals surface area (Å²) in [5.41, 5.74) is -0.652. The number of sulfonamides is 1. The van der Waals surface area contributed by atoms with Crippen molar-refractivity contribution in [1.29, 1.82) is 0 Å². The van der Waals surface area contributed by atoms with Crippen molar-refractivity contribution < 1.29 is 23.1 Å². The third kappa shape index (κ3) is 5.96. The number of amides is 1. The van der Waals surface area contributed by atoms with Crippen molar-refractivity contribution in [3.05, 3.63) is 24.0 Å². The van der Waals surface area contributed by atoms with Crippen molar-refractivity contribution in [3.8, 4) is 0 Å². The van der Waals surface area contributed by atoms with Gasteiger partial charge in [-0.3, -0.25) is 9.59 Å². The molecule has 0 aliphatic heterocycles. The van der Waals surface area contributed by atoms with Crippen LogP contribution in [-0.4, -0.2) is 48.3 Å². The molecule has 8 nitrogen and oxygen atoms in total. The van der Waals surface area contributed by atoms with Gasteiger partial charge in [0, 0.05) is 18.3 Å². The fraction of sp³-hybridized carbons (Fsp3) is 0.500. The van der Waals surface area contributed by atoms with Gasteiger partial charge in [-0.05, 0) is 26.0 Å². The van der Waals surface area contributed by atoms with E-state index < -0.39 is 27.4 Å². The molecular formula is C12H19N3O5S. The van der Waals surface area contributed by atoms with Crippen LogP contribution in [0.25, 0.3) is 0 Å². The van der Waals surface area contributed by atoms with Gasteiger partial charge in [0.05, 0.1) is 6.26 Å². The van der Waals surface area contributed by atoms with Gasteiger partial charge in [-0.15, -0.1) is 0 Å². The minimum absolute atomic E-state index is 0.0666. The highest BCUT2D eigenvalue weighted by molar-refractivity contribution is 7.88. The molecule has 0 aliphatic carbocycles. The van der Waals surface area contributed by atoms with Gasteiger partial charge in [0.25, 0.3) is 5.91 Å². The third-order valence-corrected chi connectivity index (χ3v) is 3.44. The SMILES string of the molecule is CC(C)(CNC(=O)c1cccn1CC(=O)O)NS(C)(=O)=O. The van der Waals surface area contributed by atoms with Crippen LogP contribution < -0.4 is 10.0 Å². The van der Waals surface area contributed by atoms with Gasteiger partial charge >= 0.3 is 5.97 Å². The van der Waals surface area contributed by atoms with E-state index in [1.54, 1.807) is 19.9 Å². The van der Waals surface area contributed by atoms with E-state index >= 15 is 0 Å². The molecule has 9 heteroatoms. The lowest BCUT2D eigenvalue weighted by atomic mass is 10.1. The molecule has 0 saturated heterocycles. The van der Waals surface area contributed by atoms with Gasteiger partial charge in [0.2, 0.25) is 10.0 Å². The van der Waals surface area contributed by atoms with Crippen LogP contribution in [0.15, 0.2) is 18.3 Å². The Kier molecular flexibility index (Phi) is 5.13. The number of aliphatic carboxylic acids is 1. The number of nitrogens with one attached hydrogen (secondary N) is 2. The first-order valence-corrected chi connectivity index (χ1v) is 8.03. The van der Waals surface area contributed by atoms with Gasteiger partial charge < -0.3 is 15.0 Å². The Morgan fingerprint density at radius 1 is 1.38 bits per heavy atom. The summed E-state index contributed by atoms with van der Waals surface area (Å²) in [6.07, 6.45) is 2.53. The summed E-state index contributed by atoms with van der Waals surface area (Å²) in [7, 11) is -3.39. The number of nitrogens with zero attached hydrogens (tertiary/aromatic N) is 1. The van der Waals surface area contributed by atoms with E-state index in [1.165, 1.54) is 16.8 Å². The van der Waals surface area contributed by atoms with E-state index in [-0.39, 0.29) is 18.8 Å². The molecule has 1 amide bonds. The molecule has 0 atom stereocenters. The average Bonchev–Trinajstić information content (AvgIpc) is 2.70. The van der Waals surface area contributed by atoms with Crippen LogP contribution in [0.1, 0.15) is 24.3 Å². The lowest BCUT2D eigenvalue weighted by Gasteiger charge is -2.25. The molecule has 0 saturated carbocycles. The maximum atomic E-state index is 12.0. The first kappa shape index (κ1) is 17.2. The molecule has 0 fully saturated rings. The highest BCUT2D eigenvalue weighted by atomic mass is 32.2. The summed E-state index contributed by atoms with van der Waals surface area (Å²) < 4.78 is 26.1. The summed E-state index contributed by atoms with van der Waals surface area (Å²) >= 11 is 0. The van der Waals surface area contributed by atoms with Crippen LogP contribution in [0.3, 0.4) is 0 Å². The smallest absolute Gasteiger partial charge is 0.323 e.